The summed E-state index contributed by atoms with van der Waals surface area (Å²) in [4.78, 5) is 25.7. The van der Waals surface area contributed by atoms with Crippen LogP contribution in [0.1, 0.15) is 19.3 Å². The van der Waals surface area contributed by atoms with Gasteiger partial charge in [-0.25, -0.2) is 0 Å². The lowest BCUT2D eigenvalue weighted by Gasteiger charge is -2.32. The maximum Gasteiger partial charge on any atom is 0.323 e. The first-order valence-electron chi connectivity index (χ1n) is 6.87. The molecule has 0 aromatic heterocycles. The van der Waals surface area contributed by atoms with Gasteiger partial charge in [-0.3, -0.25) is 14.5 Å². The Morgan fingerprint density at radius 2 is 2.05 bits per heavy atom. The van der Waals surface area contributed by atoms with Gasteiger partial charge in [-0.15, -0.1) is 0 Å². The second-order valence-corrected chi connectivity index (χ2v) is 4.92. The molecule has 2 rings (SSSR count). The molecule has 1 heterocycles. The molecule has 0 radical (unpaired) electrons. The Labute approximate surface area is 118 Å². The monoisotopic (exact) mass is 276 g/mol. The Morgan fingerprint density at radius 1 is 1.30 bits per heavy atom. The van der Waals surface area contributed by atoms with E-state index < -0.39 is 0 Å². The van der Waals surface area contributed by atoms with Gasteiger partial charge in [0, 0.05) is 5.69 Å². The van der Waals surface area contributed by atoms with Crippen molar-refractivity contribution in [3.8, 4) is 0 Å². The number of piperidine rings is 1. The van der Waals surface area contributed by atoms with Gasteiger partial charge in [0.25, 0.3) is 0 Å². The van der Waals surface area contributed by atoms with E-state index in [1.54, 1.807) is 0 Å². The molecule has 1 atom stereocenters. The van der Waals surface area contributed by atoms with Gasteiger partial charge < -0.3 is 10.1 Å². The number of para-hydroxylation sites is 1. The van der Waals surface area contributed by atoms with Crippen molar-refractivity contribution in [2.24, 2.45) is 0 Å². The maximum absolute atomic E-state index is 12.0. The summed E-state index contributed by atoms with van der Waals surface area (Å²) in [5.41, 5.74) is 0.768. The smallest absolute Gasteiger partial charge is 0.323 e. The fraction of sp³-hybridized carbons (Fsp3) is 0.467. The third-order valence-electron chi connectivity index (χ3n) is 3.49. The minimum atomic E-state index is -0.296. The van der Waals surface area contributed by atoms with Crippen LogP contribution in [0.25, 0.3) is 0 Å². The number of carbonyl (C=O) groups excluding carboxylic acids is 2. The third-order valence-corrected chi connectivity index (χ3v) is 3.49. The zero-order valence-electron chi connectivity index (χ0n) is 11.7. The van der Waals surface area contributed by atoms with E-state index in [1.165, 1.54) is 7.11 Å². The van der Waals surface area contributed by atoms with E-state index in [-0.39, 0.29) is 24.5 Å². The number of hydrogen-bond acceptors (Lipinski definition) is 4. The number of likely N-dealkylation sites (tertiary alicyclic amines) is 1. The van der Waals surface area contributed by atoms with E-state index in [0.29, 0.717) is 0 Å². The summed E-state index contributed by atoms with van der Waals surface area (Å²) >= 11 is 0. The molecular formula is C15H20N2O3. The summed E-state index contributed by atoms with van der Waals surface area (Å²) in [5, 5.41) is 2.83. The van der Waals surface area contributed by atoms with Crippen LogP contribution in [0.5, 0.6) is 0 Å². The highest BCUT2D eigenvalue weighted by molar-refractivity contribution is 5.92. The normalized spacial score (nSPS) is 19.4. The van der Waals surface area contributed by atoms with Gasteiger partial charge >= 0.3 is 5.97 Å². The second kappa shape index (κ2) is 7.05. The molecule has 0 bridgehead atoms. The molecule has 1 aromatic rings. The highest BCUT2D eigenvalue weighted by Crippen LogP contribution is 2.18. The Morgan fingerprint density at radius 3 is 2.75 bits per heavy atom. The lowest BCUT2D eigenvalue weighted by Crippen LogP contribution is -2.48. The van der Waals surface area contributed by atoms with Crippen molar-refractivity contribution in [2.45, 2.75) is 25.3 Å². The highest BCUT2D eigenvalue weighted by Gasteiger charge is 2.30. The number of anilines is 1. The summed E-state index contributed by atoms with van der Waals surface area (Å²) in [6, 6.07) is 9.02. The molecule has 5 heteroatoms. The van der Waals surface area contributed by atoms with E-state index in [1.807, 2.05) is 35.2 Å². The summed E-state index contributed by atoms with van der Waals surface area (Å²) in [6.45, 7) is 0.969. The van der Waals surface area contributed by atoms with Crippen LogP contribution in [0.3, 0.4) is 0 Å². The molecule has 1 saturated heterocycles. The van der Waals surface area contributed by atoms with Crippen LogP contribution in [-0.4, -0.2) is 43.0 Å². The largest absolute Gasteiger partial charge is 0.468 e. The fourth-order valence-corrected chi connectivity index (χ4v) is 2.49. The molecule has 20 heavy (non-hydrogen) atoms. The molecular weight excluding hydrogens is 256 g/mol. The zero-order valence-corrected chi connectivity index (χ0v) is 11.7. The molecule has 1 N–H and O–H groups in total. The van der Waals surface area contributed by atoms with E-state index in [9.17, 15) is 9.59 Å². The van der Waals surface area contributed by atoms with Gasteiger partial charge in [0.1, 0.15) is 6.04 Å². The van der Waals surface area contributed by atoms with Crippen LogP contribution in [0.4, 0.5) is 5.69 Å². The Hall–Kier alpha value is -1.88. The summed E-state index contributed by atoms with van der Waals surface area (Å²) < 4.78 is 4.81. The lowest BCUT2D eigenvalue weighted by atomic mass is 10.0. The summed E-state index contributed by atoms with van der Waals surface area (Å²) in [5.74, 6) is -0.357. The van der Waals surface area contributed by atoms with Crippen LogP contribution >= 0.6 is 0 Å². The van der Waals surface area contributed by atoms with E-state index in [2.05, 4.69) is 5.32 Å². The van der Waals surface area contributed by atoms with Crippen molar-refractivity contribution in [1.29, 1.82) is 0 Å². The Balaban J connectivity index is 1.93. The highest BCUT2D eigenvalue weighted by atomic mass is 16.5. The molecule has 0 saturated carbocycles. The molecule has 0 spiro atoms. The number of ether oxygens (including phenoxy) is 1. The van der Waals surface area contributed by atoms with Gasteiger partial charge in [0.05, 0.1) is 13.7 Å². The molecule has 1 aliphatic rings. The van der Waals surface area contributed by atoms with Crippen molar-refractivity contribution in [1.82, 2.24) is 4.90 Å². The first-order chi connectivity index (χ1) is 9.70. The predicted octanol–water partition coefficient (Wildman–Crippen LogP) is 1.65. The number of methoxy groups -OCH3 is 1. The van der Waals surface area contributed by atoms with E-state index in [0.717, 1.165) is 31.5 Å². The van der Waals surface area contributed by atoms with Crippen LogP contribution in [0, 0.1) is 0 Å². The quantitative estimate of drug-likeness (QED) is 0.850. The summed E-state index contributed by atoms with van der Waals surface area (Å²) in [6.07, 6.45) is 2.76. The van der Waals surface area contributed by atoms with Crippen LogP contribution in [-0.2, 0) is 14.3 Å². The lowest BCUT2D eigenvalue weighted by molar-refractivity contribution is -0.148. The minimum absolute atomic E-state index is 0.105. The first kappa shape index (κ1) is 14.5. The Bertz CT molecular complexity index is 461. The standard InChI is InChI=1S/C15H20N2O3/c1-20-15(19)13-9-5-6-10-17(13)11-14(18)16-12-7-3-2-4-8-12/h2-4,7-8,13H,5-6,9-11H2,1H3,(H,16,18). The molecule has 108 valence electrons. The number of amides is 1. The van der Waals surface area contributed by atoms with Crippen LogP contribution < -0.4 is 5.32 Å². The SMILES string of the molecule is COC(=O)C1CCCCN1CC(=O)Nc1ccccc1. The van der Waals surface area contributed by atoms with Gasteiger partial charge in [-0.05, 0) is 31.5 Å². The second-order valence-electron chi connectivity index (χ2n) is 4.92. The van der Waals surface area contributed by atoms with Crippen molar-refractivity contribution in [3.63, 3.8) is 0 Å². The fourth-order valence-electron chi connectivity index (χ4n) is 2.49. The molecule has 0 aliphatic carbocycles. The number of esters is 1. The number of rotatable bonds is 4. The number of hydrogen-bond donors (Lipinski definition) is 1. The predicted molar refractivity (Wildman–Crippen MR) is 76.3 cm³/mol. The van der Waals surface area contributed by atoms with Crippen molar-refractivity contribution in [3.05, 3.63) is 30.3 Å². The molecule has 1 unspecified atom stereocenters. The molecule has 1 aromatic carbocycles. The zero-order chi connectivity index (χ0) is 14.4. The van der Waals surface area contributed by atoms with Crippen molar-refractivity contribution >= 4 is 17.6 Å². The molecule has 5 nitrogen and oxygen atoms in total. The number of nitrogens with zero attached hydrogens (tertiary/aromatic N) is 1. The summed E-state index contributed by atoms with van der Waals surface area (Å²) in [7, 11) is 1.39. The average molecular weight is 276 g/mol. The van der Waals surface area contributed by atoms with Gasteiger partial charge in [-0.2, -0.15) is 0 Å². The molecule has 1 amide bonds. The van der Waals surface area contributed by atoms with Gasteiger partial charge in [0.15, 0.2) is 0 Å². The molecule has 1 fully saturated rings. The minimum Gasteiger partial charge on any atom is -0.468 e. The van der Waals surface area contributed by atoms with Crippen LogP contribution in [0.2, 0.25) is 0 Å². The number of benzene rings is 1. The van der Waals surface area contributed by atoms with Gasteiger partial charge in [-0.1, -0.05) is 24.6 Å². The maximum atomic E-state index is 12.0. The number of nitrogens with one attached hydrogen (secondary N) is 1. The van der Waals surface area contributed by atoms with E-state index in [4.69, 9.17) is 4.74 Å². The topological polar surface area (TPSA) is 58.6 Å². The van der Waals surface area contributed by atoms with Crippen LogP contribution in [0.15, 0.2) is 30.3 Å². The first-order valence-corrected chi connectivity index (χ1v) is 6.87. The van der Waals surface area contributed by atoms with Crippen molar-refractivity contribution in [2.75, 3.05) is 25.5 Å². The van der Waals surface area contributed by atoms with Gasteiger partial charge in [0.2, 0.25) is 5.91 Å². The average Bonchev–Trinajstić information content (AvgIpc) is 2.48. The van der Waals surface area contributed by atoms with E-state index >= 15 is 0 Å². The Kier molecular flexibility index (Phi) is 5.12. The van der Waals surface area contributed by atoms with Crippen molar-refractivity contribution < 1.29 is 14.3 Å². The number of carbonyl (C=O) groups is 2. The third kappa shape index (κ3) is 3.81. The molecule has 1 aliphatic heterocycles.